The van der Waals surface area contributed by atoms with Gasteiger partial charge in [-0.3, -0.25) is 0 Å². The van der Waals surface area contributed by atoms with Crippen LogP contribution >= 0.6 is 11.6 Å². The van der Waals surface area contributed by atoms with Gasteiger partial charge in [-0.05, 0) is 19.9 Å². The third-order valence-corrected chi connectivity index (χ3v) is 2.10. The molecule has 3 nitrogen and oxygen atoms in total. The van der Waals surface area contributed by atoms with Gasteiger partial charge >= 0.3 is 7.12 Å². The Hall–Kier alpha value is -0.775. The molecule has 1 aromatic carbocycles. The van der Waals surface area contributed by atoms with Gasteiger partial charge in [0, 0.05) is 5.46 Å². The second kappa shape index (κ2) is 4.83. The molecule has 2 N–H and O–H groups in total. The van der Waals surface area contributed by atoms with E-state index in [9.17, 15) is 4.39 Å². The molecule has 82 valence electrons. The highest BCUT2D eigenvalue weighted by molar-refractivity contribution is 6.62. The predicted molar refractivity (Wildman–Crippen MR) is 57.0 cm³/mol. The van der Waals surface area contributed by atoms with Crippen LogP contribution in [0.15, 0.2) is 12.1 Å². The Labute approximate surface area is 92.6 Å². The summed E-state index contributed by atoms with van der Waals surface area (Å²) >= 11 is 5.60. The normalized spacial score (nSPS) is 10.6. The molecule has 15 heavy (non-hydrogen) atoms. The second-order valence-electron chi connectivity index (χ2n) is 3.32. The van der Waals surface area contributed by atoms with E-state index in [-0.39, 0.29) is 22.3 Å². The van der Waals surface area contributed by atoms with Crippen molar-refractivity contribution in [3.63, 3.8) is 0 Å². The Morgan fingerprint density at radius 1 is 1.40 bits per heavy atom. The first-order chi connectivity index (χ1) is 6.93. The maximum Gasteiger partial charge on any atom is 0.490 e. The molecule has 0 amide bonds. The standard InChI is InChI=1S/C9H11BClFO3/c1-5(2)15-7-4-3-6(10(13)14)8(11)9(7)12/h3-5,13-14H,1-2H3. The van der Waals surface area contributed by atoms with Crippen molar-refractivity contribution in [2.45, 2.75) is 20.0 Å². The van der Waals surface area contributed by atoms with Gasteiger partial charge in [-0.25, -0.2) is 4.39 Å². The Balaban J connectivity index is 3.10. The van der Waals surface area contributed by atoms with Gasteiger partial charge in [0.25, 0.3) is 0 Å². The van der Waals surface area contributed by atoms with Crippen LogP contribution in [0.1, 0.15) is 13.8 Å². The molecule has 0 fully saturated rings. The zero-order valence-corrected chi connectivity index (χ0v) is 9.12. The van der Waals surface area contributed by atoms with Crippen molar-refractivity contribution in [2.24, 2.45) is 0 Å². The van der Waals surface area contributed by atoms with Gasteiger partial charge in [-0.15, -0.1) is 0 Å². The van der Waals surface area contributed by atoms with Gasteiger partial charge in [0.2, 0.25) is 0 Å². The van der Waals surface area contributed by atoms with Crippen LogP contribution < -0.4 is 10.2 Å². The monoisotopic (exact) mass is 232 g/mol. The summed E-state index contributed by atoms with van der Waals surface area (Å²) < 4.78 is 18.6. The van der Waals surface area contributed by atoms with E-state index >= 15 is 0 Å². The van der Waals surface area contributed by atoms with Crippen LogP contribution in [-0.4, -0.2) is 23.3 Å². The third kappa shape index (κ3) is 2.84. The molecule has 0 aliphatic heterocycles. The number of rotatable bonds is 3. The van der Waals surface area contributed by atoms with Gasteiger partial charge in [0.1, 0.15) is 0 Å². The summed E-state index contributed by atoms with van der Waals surface area (Å²) in [6.45, 7) is 3.50. The summed E-state index contributed by atoms with van der Waals surface area (Å²) in [4.78, 5) is 0. The van der Waals surface area contributed by atoms with E-state index in [1.165, 1.54) is 12.1 Å². The minimum absolute atomic E-state index is 0.000556. The fourth-order valence-corrected chi connectivity index (χ4v) is 1.34. The van der Waals surface area contributed by atoms with Gasteiger partial charge < -0.3 is 14.8 Å². The van der Waals surface area contributed by atoms with Crippen LogP contribution in [0.5, 0.6) is 5.75 Å². The molecule has 0 saturated carbocycles. The molecule has 1 aromatic rings. The first kappa shape index (κ1) is 12.3. The van der Waals surface area contributed by atoms with Crippen molar-refractivity contribution >= 4 is 24.2 Å². The molecule has 0 atom stereocenters. The van der Waals surface area contributed by atoms with E-state index < -0.39 is 12.9 Å². The van der Waals surface area contributed by atoms with E-state index in [1.807, 2.05) is 0 Å². The Kier molecular flexibility index (Phi) is 3.96. The molecule has 0 spiro atoms. The first-order valence-electron chi connectivity index (χ1n) is 4.44. The van der Waals surface area contributed by atoms with E-state index in [2.05, 4.69) is 0 Å². The molecule has 0 saturated heterocycles. The zero-order valence-electron chi connectivity index (χ0n) is 8.37. The maximum absolute atomic E-state index is 13.5. The minimum Gasteiger partial charge on any atom is -0.488 e. The number of hydrogen-bond donors (Lipinski definition) is 2. The Morgan fingerprint density at radius 2 is 2.00 bits per heavy atom. The predicted octanol–water partition coefficient (Wildman–Crippen LogP) is 0.946. The highest BCUT2D eigenvalue weighted by atomic mass is 35.5. The topological polar surface area (TPSA) is 49.7 Å². The molecule has 6 heteroatoms. The molecular formula is C9H11BClFO3. The highest BCUT2D eigenvalue weighted by Crippen LogP contribution is 2.23. The molecule has 1 rings (SSSR count). The molecular weight excluding hydrogens is 221 g/mol. The first-order valence-corrected chi connectivity index (χ1v) is 4.82. The van der Waals surface area contributed by atoms with Gasteiger partial charge in [0.15, 0.2) is 11.6 Å². The Morgan fingerprint density at radius 3 is 2.47 bits per heavy atom. The van der Waals surface area contributed by atoms with Crippen LogP contribution in [0.3, 0.4) is 0 Å². The summed E-state index contributed by atoms with van der Waals surface area (Å²) in [7, 11) is -1.79. The van der Waals surface area contributed by atoms with E-state index in [0.29, 0.717) is 0 Å². The summed E-state index contributed by atoms with van der Waals surface area (Å²) in [5, 5.41) is 17.4. The summed E-state index contributed by atoms with van der Waals surface area (Å²) in [6.07, 6.45) is -0.180. The lowest BCUT2D eigenvalue weighted by molar-refractivity contribution is 0.231. The van der Waals surface area contributed by atoms with Crippen molar-refractivity contribution in [2.75, 3.05) is 0 Å². The van der Waals surface area contributed by atoms with Crippen molar-refractivity contribution < 1.29 is 19.2 Å². The average Bonchev–Trinajstić information content (AvgIpc) is 2.12. The molecule has 0 radical (unpaired) electrons. The molecule has 0 heterocycles. The number of benzene rings is 1. The van der Waals surface area contributed by atoms with Crippen LogP contribution in [0.4, 0.5) is 4.39 Å². The number of ether oxygens (including phenoxy) is 1. The van der Waals surface area contributed by atoms with E-state index in [0.717, 1.165) is 0 Å². The van der Waals surface area contributed by atoms with Crippen LogP contribution in [0.25, 0.3) is 0 Å². The van der Waals surface area contributed by atoms with E-state index in [1.54, 1.807) is 13.8 Å². The van der Waals surface area contributed by atoms with Crippen LogP contribution in [0, 0.1) is 5.82 Å². The zero-order chi connectivity index (χ0) is 11.6. The lowest BCUT2D eigenvalue weighted by Gasteiger charge is -2.12. The molecule has 0 unspecified atom stereocenters. The van der Waals surface area contributed by atoms with Gasteiger partial charge in [-0.2, -0.15) is 0 Å². The van der Waals surface area contributed by atoms with E-state index in [4.69, 9.17) is 26.4 Å². The van der Waals surface area contributed by atoms with Crippen molar-refractivity contribution in [3.05, 3.63) is 23.0 Å². The fraction of sp³-hybridized carbons (Fsp3) is 0.333. The number of halogens is 2. The quantitative estimate of drug-likeness (QED) is 0.763. The molecule has 0 aromatic heterocycles. The average molecular weight is 232 g/mol. The summed E-state index contributed by atoms with van der Waals surface area (Å²) in [5.41, 5.74) is -0.0785. The van der Waals surface area contributed by atoms with Crippen molar-refractivity contribution in [3.8, 4) is 5.75 Å². The van der Waals surface area contributed by atoms with Gasteiger partial charge in [-0.1, -0.05) is 17.7 Å². The number of hydrogen-bond acceptors (Lipinski definition) is 3. The summed E-state index contributed by atoms with van der Waals surface area (Å²) in [6, 6.07) is 2.63. The van der Waals surface area contributed by atoms with Crippen LogP contribution in [0.2, 0.25) is 5.02 Å². The van der Waals surface area contributed by atoms with Gasteiger partial charge in [0.05, 0.1) is 11.1 Å². The third-order valence-electron chi connectivity index (χ3n) is 1.72. The highest BCUT2D eigenvalue weighted by Gasteiger charge is 2.21. The summed E-state index contributed by atoms with van der Waals surface area (Å²) in [5.74, 6) is -0.782. The lowest BCUT2D eigenvalue weighted by atomic mass is 9.80. The van der Waals surface area contributed by atoms with Crippen LogP contribution in [-0.2, 0) is 0 Å². The molecule has 0 aliphatic rings. The largest absolute Gasteiger partial charge is 0.490 e. The van der Waals surface area contributed by atoms with Crippen molar-refractivity contribution in [1.82, 2.24) is 0 Å². The SMILES string of the molecule is CC(C)Oc1ccc(B(O)O)c(Cl)c1F. The smallest absolute Gasteiger partial charge is 0.488 e. The maximum atomic E-state index is 13.5. The van der Waals surface area contributed by atoms with Crippen molar-refractivity contribution in [1.29, 1.82) is 0 Å². The minimum atomic E-state index is -1.79. The Bertz CT molecular complexity index is 357. The molecule has 0 bridgehead atoms. The lowest BCUT2D eigenvalue weighted by Crippen LogP contribution is -2.31. The fourth-order valence-electron chi connectivity index (χ4n) is 1.09. The second-order valence-corrected chi connectivity index (χ2v) is 3.70. The molecule has 0 aliphatic carbocycles.